The molecular weight excluding hydrogens is 352 g/mol. The summed E-state index contributed by atoms with van der Waals surface area (Å²) in [5.41, 5.74) is 1.00. The van der Waals surface area contributed by atoms with Gasteiger partial charge in [0.25, 0.3) is 0 Å². The third-order valence-electron chi connectivity index (χ3n) is 3.07. The van der Waals surface area contributed by atoms with Gasteiger partial charge in [-0.05, 0) is 22.4 Å². The summed E-state index contributed by atoms with van der Waals surface area (Å²) < 4.78 is 0.838. The van der Waals surface area contributed by atoms with Crippen LogP contribution in [0.1, 0.15) is 37.5 Å². The van der Waals surface area contributed by atoms with E-state index in [0.29, 0.717) is 20.9 Å². The van der Waals surface area contributed by atoms with E-state index in [9.17, 15) is 0 Å². The molecule has 0 aliphatic carbocycles. The fraction of sp³-hybridized carbons (Fsp3) is 0.667. The Balaban J connectivity index is 2.26. The van der Waals surface area contributed by atoms with E-state index in [1.807, 2.05) is 23.5 Å². The molecule has 0 aromatic carbocycles. The standard InChI is InChI=1S/C12H16BrClN2S2/c1-4-8-10(13)11(14)16-12(15-8)9-5-17-6(2)7(3)18-9/h6-7,9H,4-5H2,1-3H3. The molecular formula is C12H16BrClN2S2. The van der Waals surface area contributed by atoms with Crippen LogP contribution in [0.5, 0.6) is 0 Å². The minimum Gasteiger partial charge on any atom is -0.235 e. The average molecular weight is 368 g/mol. The lowest BCUT2D eigenvalue weighted by Crippen LogP contribution is -2.23. The van der Waals surface area contributed by atoms with Crippen molar-refractivity contribution < 1.29 is 0 Å². The van der Waals surface area contributed by atoms with Crippen LogP contribution in [0.15, 0.2) is 4.47 Å². The number of aryl methyl sites for hydroxylation is 1. The zero-order valence-corrected chi connectivity index (χ0v) is 14.6. The molecule has 3 atom stereocenters. The molecule has 1 fully saturated rings. The molecule has 0 spiro atoms. The Kier molecular flexibility index (Phi) is 5.26. The van der Waals surface area contributed by atoms with E-state index in [2.05, 4.69) is 46.7 Å². The molecule has 2 nitrogen and oxygen atoms in total. The summed E-state index contributed by atoms with van der Waals surface area (Å²) >= 11 is 13.6. The van der Waals surface area contributed by atoms with Gasteiger partial charge in [-0.2, -0.15) is 11.8 Å². The topological polar surface area (TPSA) is 25.8 Å². The Hall–Kier alpha value is 0.550. The normalized spacial score (nSPS) is 28.4. The summed E-state index contributed by atoms with van der Waals surface area (Å²) in [6.07, 6.45) is 0.867. The molecule has 1 aliphatic heterocycles. The Bertz CT molecular complexity index is 444. The SMILES string of the molecule is CCc1nc(C2CSC(C)C(C)S2)nc(Cl)c1Br. The molecule has 1 aliphatic rings. The summed E-state index contributed by atoms with van der Waals surface area (Å²) in [7, 11) is 0. The first-order valence-electron chi connectivity index (χ1n) is 6.01. The van der Waals surface area contributed by atoms with Gasteiger partial charge in [-0.25, -0.2) is 9.97 Å². The van der Waals surface area contributed by atoms with E-state index < -0.39 is 0 Å². The number of rotatable bonds is 2. The van der Waals surface area contributed by atoms with E-state index in [4.69, 9.17) is 11.6 Å². The van der Waals surface area contributed by atoms with Crippen molar-refractivity contribution in [1.29, 1.82) is 0 Å². The molecule has 1 saturated heterocycles. The molecule has 0 saturated carbocycles. The molecule has 2 rings (SSSR count). The fourth-order valence-corrected chi connectivity index (χ4v) is 5.27. The van der Waals surface area contributed by atoms with E-state index in [1.54, 1.807) is 0 Å². The van der Waals surface area contributed by atoms with Crippen LogP contribution >= 0.6 is 51.1 Å². The van der Waals surface area contributed by atoms with Gasteiger partial charge in [0.05, 0.1) is 15.4 Å². The van der Waals surface area contributed by atoms with E-state index in [1.165, 1.54) is 0 Å². The highest BCUT2D eigenvalue weighted by molar-refractivity contribution is 9.10. The molecule has 3 unspecified atom stereocenters. The van der Waals surface area contributed by atoms with Gasteiger partial charge in [0, 0.05) is 16.3 Å². The minimum atomic E-state index is 0.358. The summed E-state index contributed by atoms with van der Waals surface area (Å²) in [4.78, 5) is 9.10. The van der Waals surface area contributed by atoms with Gasteiger partial charge < -0.3 is 0 Å². The smallest absolute Gasteiger partial charge is 0.147 e. The van der Waals surface area contributed by atoms with Gasteiger partial charge in [-0.15, -0.1) is 11.8 Å². The maximum Gasteiger partial charge on any atom is 0.147 e. The largest absolute Gasteiger partial charge is 0.235 e. The summed E-state index contributed by atoms with van der Waals surface area (Å²) in [6, 6.07) is 0. The highest BCUT2D eigenvalue weighted by Gasteiger charge is 2.29. The van der Waals surface area contributed by atoms with Crippen molar-refractivity contribution in [3.05, 3.63) is 21.1 Å². The Morgan fingerprint density at radius 2 is 2.06 bits per heavy atom. The van der Waals surface area contributed by atoms with Gasteiger partial charge in [-0.3, -0.25) is 0 Å². The van der Waals surface area contributed by atoms with E-state index >= 15 is 0 Å². The maximum absolute atomic E-state index is 6.17. The molecule has 2 heterocycles. The van der Waals surface area contributed by atoms with Crippen molar-refractivity contribution >= 4 is 51.1 Å². The highest BCUT2D eigenvalue weighted by atomic mass is 79.9. The molecule has 0 amide bonds. The second-order valence-corrected chi connectivity index (χ2v) is 8.50. The Morgan fingerprint density at radius 3 is 2.67 bits per heavy atom. The van der Waals surface area contributed by atoms with Gasteiger partial charge in [-0.1, -0.05) is 32.4 Å². The van der Waals surface area contributed by atoms with Gasteiger partial charge in [0.15, 0.2) is 0 Å². The molecule has 6 heteroatoms. The predicted molar refractivity (Wildman–Crippen MR) is 85.8 cm³/mol. The average Bonchev–Trinajstić information content (AvgIpc) is 2.36. The molecule has 0 radical (unpaired) electrons. The first-order chi connectivity index (χ1) is 8.52. The van der Waals surface area contributed by atoms with Crippen LogP contribution in [-0.2, 0) is 6.42 Å². The predicted octanol–water partition coefficient (Wildman–Crippen LogP) is 4.75. The molecule has 0 bridgehead atoms. The van der Waals surface area contributed by atoms with E-state index in [-0.39, 0.29) is 0 Å². The number of thioether (sulfide) groups is 2. The van der Waals surface area contributed by atoms with Crippen LogP contribution in [0.3, 0.4) is 0 Å². The Labute approximate surface area is 130 Å². The number of halogens is 2. The molecule has 100 valence electrons. The lowest BCUT2D eigenvalue weighted by molar-refractivity contribution is 0.837. The number of aromatic nitrogens is 2. The van der Waals surface area contributed by atoms with E-state index in [0.717, 1.165) is 28.2 Å². The van der Waals surface area contributed by atoms with Gasteiger partial charge in [0.2, 0.25) is 0 Å². The monoisotopic (exact) mass is 366 g/mol. The fourth-order valence-electron chi connectivity index (χ4n) is 1.78. The summed E-state index contributed by atoms with van der Waals surface area (Å²) in [5, 5.41) is 2.22. The van der Waals surface area contributed by atoms with Crippen molar-refractivity contribution in [2.24, 2.45) is 0 Å². The second-order valence-electron chi connectivity index (χ2n) is 4.36. The molecule has 1 aromatic rings. The highest BCUT2D eigenvalue weighted by Crippen LogP contribution is 2.43. The van der Waals surface area contributed by atoms with Gasteiger partial charge in [0.1, 0.15) is 11.0 Å². The third-order valence-corrected chi connectivity index (χ3v) is 7.79. The van der Waals surface area contributed by atoms with Crippen molar-refractivity contribution in [1.82, 2.24) is 9.97 Å². The first kappa shape index (κ1) is 14.9. The molecule has 1 aromatic heterocycles. The van der Waals surface area contributed by atoms with Crippen LogP contribution in [0.4, 0.5) is 0 Å². The second kappa shape index (κ2) is 6.33. The first-order valence-corrected chi connectivity index (χ1v) is 9.18. The quantitative estimate of drug-likeness (QED) is 0.704. The number of hydrogen-bond acceptors (Lipinski definition) is 4. The molecule has 0 N–H and O–H groups in total. The van der Waals surface area contributed by atoms with Crippen LogP contribution in [0.25, 0.3) is 0 Å². The zero-order valence-electron chi connectivity index (χ0n) is 10.6. The molecule has 18 heavy (non-hydrogen) atoms. The summed E-state index contributed by atoms with van der Waals surface area (Å²) in [5.74, 6) is 1.95. The number of hydrogen-bond donors (Lipinski definition) is 0. The van der Waals surface area contributed by atoms with Crippen LogP contribution in [0, 0.1) is 0 Å². The van der Waals surface area contributed by atoms with Crippen molar-refractivity contribution in [2.45, 2.75) is 42.9 Å². The lowest BCUT2D eigenvalue weighted by Gasteiger charge is -2.30. The van der Waals surface area contributed by atoms with Crippen LogP contribution in [-0.4, -0.2) is 26.2 Å². The van der Waals surface area contributed by atoms with Crippen LogP contribution in [0.2, 0.25) is 5.15 Å². The minimum absolute atomic E-state index is 0.358. The van der Waals surface area contributed by atoms with Crippen molar-refractivity contribution in [2.75, 3.05) is 5.75 Å². The lowest BCUT2D eigenvalue weighted by atomic mass is 10.3. The van der Waals surface area contributed by atoms with Crippen LogP contribution < -0.4 is 0 Å². The van der Waals surface area contributed by atoms with Gasteiger partial charge >= 0.3 is 0 Å². The van der Waals surface area contributed by atoms with Crippen molar-refractivity contribution in [3.8, 4) is 0 Å². The number of nitrogens with zero attached hydrogens (tertiary/aromatic N) is 2. The maximum atomic E-state index is 6.17. The zero-order chi connectivity index (χ0) is 13.3. The summed E-state index contributed by atoms with van der Waals surface area (Å²) in [6.45, 7) is 6.64. The van der Waals surface area contributed by atoms with Crippen molar-refractivity contribution in [3.63, 3.8) is 0 Å². The third kappa shape index (κ3) is 3.17. The Morgan fingerprint density at radius 1 is 1.33 bits per heavy atom.